The number of benzene rings is 2. The Hall–Kier alpha value is -2.92. The minimum absolute atomic E-state index is 0.234. The van der Waals surface area contributed by atoms with E-state index in [0.29, 0.717) is 23.5 Å². The van der Waals surface area contributed by atoms with E-state index in [1.54, 1.807) is 0 Å². The highest BCUT2D eigenvalue weighted by Crippen LogP contribution is 2.24. The van der Waals surface area contributed by atoms with E-state index in [1.165, 1.54) is 11.1 Å². The Balaban J connectivity index is 1.59. The van der Waals surface area contributed by atoms with Crippen molar-refractivity contribution in [2.75, 3.05) is 7.05 Å². The molecule has 4 rings (SSSR count). The Labute approximate surface area is 151 Å². The molecule has 0 saturated carbocycles. The maximum atomic E-state index is 12.4. The lowest BCUT2D eigenvalue weighted by atomic mass is 10.1. The number of hydrogen-bond donors (Lipinski definition) is 1. The van der Waals surface area contributed by atoms with Crippen molar-refractivity contribution >= 4 is 22.1 Å². The highest BCUT2D eigenvalue weighted by atomic mass is 16.3. The van der Waals surface area contributed by atoms with E-state index in [0.717, 1.165) is 18.4 Å². The topological polar surface area (TPSA) is 62.1 Å². The Morgan fingerprint density at radius 2 is 1.77 bits per heavy atom. The zero-order chi connectivity index (χ0) is 18.1. The number of furan rings is 1. The molecule has 0 saturated heterocycles. The molecule has 2 aromatic carbocycles. The maximum Gasteiger partial charge on any atom is 0.294 e. The molecule has 26 heavy (non-hydrogen) atoms. The third-order valence-electron chi connectivity index (χ3n) is 4.58. The number of aromatic amines is 1. The number of para-hydroxylation sites is 1. The van der Waals surface area contributed by atoms with Gasteiger partial charge < -0.3 is 9.40 Å². The summed E-state index contributed by atoms with van der Waals surface area (Å²) < 4.78 is 5.64. The van der Waals surface area contributed by atoms with Gasteiger partial charge in [-0.25, -0.2) is 4.98 Å². The first-order chi connectivity index (χ1) is 12.6. The second-order valence-corrected chi connectivity index (χ2v) is 6.63. The van der Waals surface area contributed by atoms with Crippen LogP contribution in [-0.2, 0) is 19.5 Å². The molecule has 0 atom stereocenters. The Bertz CT molecular complexity index is 1110. The monoisotopic (exact) mass is 347 g/mol. The fraction of sp³-hybridized carbons (Fsp3) is 0.238. The summed E-state index contributed by atoms with van der Waals surface area (Å²) in [5.41, 5.74) is 3.93. The van der Waals surface area contributed by atoms with Crippen molar-refractivity contribution < 1.29 is 4.42 Å². The zero-order valence-electron chi connectivity index (χ0n) is 15.0. The molecule has 2 heterocycles. The van der Waals surface area contributed by atoms with Gasteiger partial charge in [-0.3, -0.25) is 9.69 Å². The van der Waals surface area contributed by atoms with Crippen molar-refractivity contribution in [2.45, 2.75) is 26.4 Å². The first kappa shape index (κ1) is 16.5. The predicted octanol–water partition coefficient (Wildman–Crippen LogP) is 3.86. The lowest BCUT2D eigenvalue weighted by Gasteiger charge is -2.16. The number of aromatic nitrogens is 2. The molecule has 0 unspecified atom stereocenters. The van der Waals surface area contributed by atoms with Crippen LogP contribution in [0, 0.1) is 0 Å². The minimum atomic E-state index is -0.234. The van der Waals surface area contributed by atoms with Crippen LogP contribution in [0.2, 0.25) is 0 Å². The SMILES string of the molecule is CCc1ccc(CN(C)Cc2nc3c(oc4ccccc43)c(=O)[nH]2)cc1. The van der Waals surface area contributed by atoms with Gasteiger partial charge in [-0.1, -0.05) is 43.3 Å². The summed E-state index contributed by atoms with van der Waals surface area (Å²) in [6, 6.07) is 16.2. The highest BCUT2D eigenvalue weighted by molar-refractivity contribution is 6.01. The average molecular weight is 347 g/mol. The second-order valence-electron chi connectivity index (χ2n) is 6.63. The Kier molecular flexibility index (Phi) is 4.31. The highest BCUT2D eigenvalue weighted by Gasteiger charge is 2.13. The van der Waals surface area contributed by atoms with Crippen LogP contribution in [0.1, 0.15) is 23.9 Å². The lowest BCUT2D eigenvalue weighted by molar-refractivity contribution is 0.310. The first-order valence-corrected chi connectivity index (χ1v) is 8.81. The molecular weight excluding hydrogens is 326 g/mol. The van der Waals surface area contributed by atoms with Crippen molar-refractivity contribution in [3.63, 3.8) is 0 Å². The van der Waals surface area contributed by atoms with Gasteiger partial charge in [0, 0.05) is 11.9 Å². The van der Waals surface area contributed by atoms with Gasteiger partial charge in [-0.2, -0.15) is 0 Å². The van der Waals surface area contributed by atoms with Gasteiger partial charge in [0.1, 0.15) is 16.9 Å². The molecule has 0 aliphatic rings. The number of fused-ring (bicyclic) bond motifs is 3. The number of nitrogens with one attached hydrogen (secondary N) is 1. The summed E-state index contributed by atoms with van der Waals surface area (Å²) in [7, 11) is 2.02. The summed E-state index contributed by atoms with van der Waals surface area (Å²) in [5, 5.41) is 0.868. The van der Waals surface area contributed by atoms with Crippen LogP contribution in [0.25, 0.3) is 22.1 Å². The predicted molar refractivity (Wildman–Crippen MR) is 103 cm³/mol. The molecule has 0 aliphatic carbocycles. The quantitative estimate of drug-likeness (QED) is 0.595. The normalized spacial score (nSPS) is 11.7. The molecule has 0 fully saturated rings. The molecule has 132 valence electrons. The van der Waals surface area contributed by atoms with Crippen molar-refractivity contribution in [1.29, 1.82) is 0 Å². The number of nitrogens with zero attached hydrogens (tertiary/aromatic N) is 2. The molecule has 1 N–H and O–H groups in total. The van der Waals surface area contributed by atoms with E-state index < -0.39 is 0 Å². The van der Waals surface area contributed by atoms with Gasteiger partial charge in [0.25, 0.3) is 5.56 Å². The van der Waals surface area contributed by atoms with E-state index in [4.69, 9.17) is 4.42 Å². The van der Waals surface area contributed by atoms with Crippen LogP contribution in [-0.4, -0.2) is 21.9 Å². The van der Waals surface area contributed by atoms with Crippen molar-refractivity contribution in [3.8, 4) is 0 Å². The standard InChI is InChI=1S/C21H21N3O2/c1-3-14-8-10-15(11-9-14)12-24(2)13-18-22-19-16-6-4-5-7-17(16)26-20(19)21(25)23-18/h4-11H,3,12-13H2,1-2H3,(H,22,23,25). The van der Waals surface area contributed by atoms with E-state index in [9.17, 15) is 4.79 Å². The van der Waals surface area contributed by atoms with Crippen LogP contribution >= 0.6 is 0 Å². The third kappa shape index (κ3) is 3.13. The fourth-order valence-electron chi connectivity index (χ4n) is 3.23. The van der Waals surface area contributed by atoms with E-state index in [1.807, 2.05) is 31.3 Å². The first-order valence-electron chi connectivity index (χ1n) is 8.81. The van der Waals surface area contributed by atoms with Gasteiger partial charge >= 0.3 is 0 Å². The summed E-state index contributed by atoms with van der Waals surface area (Å²) in [6.07, 6.45) is 1.04. The number of H-pyrrole nitrogens is 1. The molecule has 0 amide bonds. The third-order valence-corrected chi connectivity index (χ3v) is 4.58. The molecule has 0 radical (unpaired) electrons. The lowest BCUT2D eigenvalue weighted by Crippen LogP contribution is -2.21. The maximum absolute atomic E-state index is 12.4. The van der Waals surface area contributed by atoms with Crippen molar-refractivity contribution in [1.82, 2.24) is 14.9 Å². The second kappa shape index (κ2) is 6.77. The Morgan fingerprint density at radius 3 is 2.54 bits per heavy atom. The van der Waals surface area contributed by atoms with Gasteiger partial charge in [0.15, 0.2) is 0 Å². The molecular formula is C21H21N3O2. The summed E-state index contributed by atoms with van der Waals surface area (Å²) >= 11 is 0. The minimum Gasteiger partial charge on any atom is -0.449 e. The van der Waals surface area contributed by atoms with Crippen LogP contribution < -0.4 is 5.56 Å². The van der Waals surface area contributed by atoms with Gasteiger partial charge in [0.2, 0.25) is 5.58 Å². The zero-order valence-corrected chi connectivity index (χ0v) is 15.0. The van der Waals surface area contributed by atoms with Crippen LogP contribution in [0.3, 0.4) is 0 Å². The summed E-state index contributed by atoms with van der Waals surface area (Å²) in [4.78, 5) is 22.0. The smallest absolute Gasteiger partial charge is 0.294 e. The molecule has 0 aliphatic heterocycles. The number of aryl methyl sites for hydroxylation is 1. The summed E-state index contributed by atoms with van der Waals surface area (Å²) in [5.74, 6) is 0.640. The Morgan fingerprint density at radius 1 is 1.04 bits per heavy atom. The molecule has 4 aromatic rings. The van der Waals surface area contributed by atoms with Crippen LogP contribution in [0.4, 0.5) is 0 Å². The van der Waals surface area contributed by atoms with E-state index in [-0.39, 0.29) is 11.1 Å². The molecule has 0 bridgehead atoms. The number of hydrogen-bond acceptors (Lipinski definition) is 4. The van der Waals surface area contributed by atoms with Crippen molar-refractivity contribution in [3.05, 3.63) is 75.8 Å². The van der Waals surface area contributed by atoms with E-state index in [2.05, 4.69) is 46.1 Å². The molecule has 5 nitrogen and oxygen atoms in total. The number of rotatable bonds is 5. The van der Waals surface area contributed by atoms with Crippen molar-refractivity contribution in [2.24, 2.45) is 0 Å². The van der Waals surface area contributed by atoms with Gasteiger partial charge in [0.05, 0.1) is 6.54 Å². The fourth-order valence-corrected chi connectivity index (χ4v) is 3.23. The molecule has 2 aromatic heterocycles. The average Bonchev–Trinajstić information content (AvgIpc) is 3.02. The van der Waals surface area contributed by atoms with E-state index >= 15 is 0 Å². The van der Waals surface area contributed by atoms with Gasteiger partial charge in [-0.05, 0) is 36.7 Å². The van der Waals surface area contributed by atoms with Crippen LogP contribution in [0.15, 0.2) is 57.7 Å². The van der Waals surface area contributed by atoms with Gasteiger partial charge in [-0.15, -0.1) is 0 Å². The summed E-state index contributed by atoms with van der Waals surface area (Å²) in [6.45, 7) is 3.50. The van der Waals surface area contributed by atoms with Crippen LogP contribution in [0.5, 0.6) is 0 Å². The largest absolute Gasteiger partial charge is 0.449 e. The molecule has 0 spiro atoms. The molecule has 5 heteroatoms.